The zero-order chi connectivity index (χ0) is 19.6. The molecule has 0 saturated carbocycles. The molecule has 0 atom stereocenters. The number of aromatic nitrogens is 2. The number of aromatic amines is 1. The van der Waals surface area contributed by atoms with Crippen molar-refractivity contribution in [3.8, 4) is 11.4 Å². The molecule has 0 saturated heterocycles. The minimum atomic E-state index is -0.611. The molecule has 0 amide bonds. The van der Waals surface area contributed by atoms with Crippen molar-refractivity contribution in [3.05, 3.63) is 80.8 Å². The highest BCUT2D eigenvalue weighted by molar-refractivity contribution is 5.57. The van der Waals surface area contributed by atoms with Crippen molar-refractivity contribution in [2.24, 2.45) is 10.2 Å². The van der Waals surface area contributed by atoms with Crippen LogP contribution in [0.3, 0.4) is 0 Å². The highest BCUT2D eigenvalue weighted by Crippen LogP contribution is 2.31. The van der Waals surface area contributed by atoms with Gasteiger partial charge in [-0.1, -0.05) is 24.8 Å². The van der Waals surface area contributed by atoms with E-state index in [1.54, 1.807) is 25.1 Å². The zero-order valence-corrected chi connectivity index (χ0v) is 14.3. The predicted molar refractivity (Wildman–Crippen MR) is 100 cm³/mol. The Kier molecular flexibility index (Phi) is 4.67. The first-order valence-corrected chi connectivity index (χ1v) is 7.84. The number of aromatic hydroxyl groups is 1. The Morgan fingerprint density at radius 3 is 2.56 bits per heavy atom. The molecule has 3 aromatic rings. The molecule has 0 radical (unpaired) electrons. The van der Waals surface area contributed by atoms with Crippen LogP contribution in [-0.2, 0) is 0 Å². The van der Waals surface area contributed by atoms with Crippen molar-refractivity contribution in [2.75, 3.05) is 0 Å². The molecule has 2 N–H and O–H groups in total. The number of nitrogens with one attached hydrogen (secondary N) is 1. The van der Waals surface area contributed by atoms with Gasteiger partial charge in [-0.2, -0.15) is 0 Å². The van der Waals surface area contributed by atoms with Gasteiger partial charge < -0.3 is 5.11 Å². The zero-order valence-electron chi connectivity index (χ0n) is 14.3. The number of hydrogen-bond acceptors (Lipinski definition) is 6. The Labute approximate surface area is 153 Å². The highest BCUT2D eigenvalue weighted by Gasteiger charge is 2.14. The van der Waals surface area contributed by atoms with Crippen LogP contribution in [0.1, 0.15) is 11.3 Å². The van der Waals surface area contributed by atoms with Gasteiger partial charge in [0.15, 0.2) is 5.69 Å². The number of nitro groups is 1. The van der Waals surface area contributed by atoms with Crippen molar-refractivity contribution >= 4 is 23.1 Å². The van der Waals surface area contributed by atoms with E-state index in [0.29, 0.717) is 11.4 Å². The second kappa shape index (κ2) is 7.08. The summed E-state index contributed by atoms with van der Waals surface area (Å²) in [5.74, 6) is -0.280. The molecule has 0 bridgehead atoms. The summed E-state index contributed by atoms with van der Waals surface area (Å²) in [5, 5.41) is 31.2. The number of rotatable bonds is 5. The van der Waals surface area contributed by atoms with Gasteiger partial charge in [0.05, 0.1) is 16.3 Å². The number of non-ortho nitro benzene ring substituents is 1. The number of azo groups is 1. The summed E-state index contributed by atoms with van der Waals surface area (Å²) in [7, 11) is 0. The minimum absolute atomic E-state index is 0.0358. The largest absolute Gasteiger partial charge is 0.506 e. The molecule has 0 aliphatic rings. The van der Waals surface area contributed by atoms with Gasteiger partial charge in [0.25, 0.3) is 11.2 Å². The topological polar surface area (TPSA) is 126 Å². The van der Waals surface area contributed by atoms with Gasteiger partial charge in [0.2, 0.25) is 0 Å². The number of hydrogen-bond donors (Lipinski definition) is 2. The van der Waals surface area contributed by atoms with Crippen molar-refractivity contribution in [2.45, 2.75) is 6.92 Å². The van der Waals surface area contributed by atoms with E-state index in [4.69, 9.17) is 0 Å². The van der Waals surface area contributed by atoms with Crippen LogP contribution in [0.15, 0.2) is 64.1 Å². The molecule has 0 aliphatic heterocycles. The lowest BCUT2D eigenvalue weighted by Gasteiger charge is -2.01. The Bertz CT molecular complexity index is 1110. The van der Waals surface area contributed by atoms with Gasteiger partial charge in [0, 0.05) is 12.1 Å². The third-order valence-corrected chi connectivity index (χ3v) is 3.85. The van der Waals surface area contributed by atoms with Gasteiger partial charge in [-0.25, -0.2) is 4.68 Å². The smallest absolute Gasteiger partial charge is 0.299 e. The lowest BCUT2D eigenvalue weighted by atomic mass is 10.2. The number of aryl methyl sites for hydroxylation is 1. The fraction of sp³-hybridized carbons (Fsp3) is 0.0556. The van der Waals surface area contributed by atoms with Gasteiger partial charge >= 0.3 is 0 Å². The van der Waals surface area contributed by atoms with E-state index in [2.05, 4.69) is 21.9 Å². The van der Waals surface area contributed by atoms with Crippen molar-refractivity contribution in [1.82, 2.24) is 9.78 Å². The van der Waals surface area contributed by atoms with E-state index in [9.17, 15) is 20.0 Å². The van der Waals surface area contributed by atoms with Crippen LogP contribution >= 0.6 is 0 Å². The van der Waals surface area contributed by atoms with Gasteiger partial charge in [-0.05, 0) is 30.7 Å². The lowest BCUT2D eigenvalue weighted by molar-refractivity contribution is -0.384. The summed E-state index contributed by atoms with van der Waals surface area (Å²) in [6.07, 6.45) is 1.69. The molecule has 27 heavy (non-hydrogen) atoms. The molecule has 0 spiro atoms. The van der Waals surface area contributed by atoms with Crippen LogP contribution in [0.25, 0.3) is 11.8 Å². The first-order chi connectivity index (χ1) is 12.9. The fourth-order valence-corrected chi connectivity index (χ4v) is 2.41. The van der Waals surface area contributed by atoms with E-state index in [-0.39, 0.29) is 22.8 Å². The molecule has 9 nitrogen and oxygen atoms in total. The lowest BCUT2D eigenvalue weighted by Crippen LogP contribution is -2.13. The molecule has 0 unspecified atom stereocenters. The fourth-order valence-electron chi connectivity index (χ4n) is 2.41. The summed E-state index contributed by atoms with van der Waals surface area (Å²) in [6.45, 7) is 5.33. The van der Waals surface area contributed by atoms with Gasteiger partial charge in [0.1, 0.15) is 11.4 Å². The molecule has 1 aromatic heterocycles. The second-order valence-electron chi connectivity index (χ2n) is 5.65. The summed E-state index contributed by atoms with van der Waals surface area (Å²) >= 11 is 0. The number of phenols is 1. The molecule has 0 fully saturated rings. The van der Waals surface area contributed by atoms with Crippen LogP contribution in [0.5, 0.6) is 5.75 Å². The number of phenolic OH excluding ortho intramolecular Hbond substituents is 1. The van der Waals surface area contributed by atoms with E-state index in [1.807, 2.05) is 12.1 Å². The maximum Gasteiger partial charge on any atom is 0.299 e. The third-order valence-electron chi connectivity index (χ3n) is 3.85. The molecular formula is C18H15N5O4. The highest BCUT2D eigenvalue weighted by atomic mass is 16.6. The van der Waals surface area contributed by atoms with Crippen LogP contribution in [0, 0.1) is 17.0 Å². The minimum Gasteiger partial charge on any atom is -0.506 e. The third kappa shape index (κ3) is 3.52. The van der Waals surface area contributed by atoms with E-state index in [0.717, 1.165) is 23.8 Å². The Morgan fingerprint density at radius 1 is 1.22 bits per heavy atom. The Morgan fingerprint density at radius 2 is 1.93 bits per heavy atom. The van der Waals surface area contributed by atoms with E-state index in [1.165, 1.54) is 4.68 Å². The normalized spacial score (nSPS) is 11.0. The monoisotopic (exact) mass is 365 g/mol. The quantitative estimate of drug-likeness (QED) is 0.400. The van der Waals surface area contributed by atoms with Crippen LogP contribution in [0.2, 0.25) is 0 Å². The number of nitro benzene ring substituents is 1. The number of benzene rings is 2. The summed E-state index contributed by atoms with van der Waals surface area (Å²) < 4.78 is 1.31. The van der Waals surface area contributed by atoms with Gasteiger partial charge in [-0.15, -0.1) is 10.2 Å². The van der Waals surface area contributed by atoms with E-state index >= 15 is 0 Å². The SMILES string of the molecule is C=Cc1ccc(-n2[nH]c(C)c(N=Nc3cc([N+](=O)[O-])ccc3O)c2=O)cc1. The van der Waals surface area contributed by atoms with Gasteiger partial charge in [-0.3, -0.25) is 20.0 Å². The maximum atomic E-state index is 12.6. The first-order valence-electron chi connectivity index (χ1n) is 7.84. The van der Waals surface area contributed by atoms with Crippen molar-refractivity contribution < 1.29 is 10.0 Å². The first kappa shape index (κ1) is 17.8. The summed E-state index contributed by atoms with van der Waals surface area (Å²) in [6, 6.07) is 10.5. The van der Waals surface area contributed by atoms with E-state index < -0.39 is 10.5 Å². The molecule has 3 rings (SSSR count). The summed E-state index contributed by atoms with van der Waals surface area (Å²) in [5.41, 5.74) is 1.23. The molecule has 1 heterocycles. The molecular weight excluding hydrogens is 350 g/mol. The molecule has 2 aromatic carbocycles. The number of H-pyrrole nitrogens is 1. The molecule has 136 valence electrons. The van der Waals surface area contributed by atoms with Crippen LogP contribution < -0.4 is 5.56 Å². The molecule has 0 aliphatic carbocycles. The predicted octanol–water partition coefficient (Wildman–Crippen LogP) is 4.15. The average molecular weight is 365 g/mol. The maximum absolute atomic E-state index is 12.6. The Balaban J connectivity index is 1.99. The number of nitrogens with zero attached hydrogens (tertiary/aromatic N) is 4. The van der Waals surface area contributed by atoms with Crippen molar-refractivity contribution in [1.29, 1.82) is 0 Å². The standard InChI is InChI=1S/C18H15N5O4/c1-3-12-4-6-13(7-5-12)22-18(25)17(11(2)21-22)20-19-15-10-14(23(26)27)8-9-16(15)24/h3-10,21,24H,1H2,2H3. The van der Waals surface area contributed by atoms with Crippen LogP contribution in [-0.4, -0.2) is 19.8 Å². The second-order valence-corrected chi connectivity index (χ2v) is 5.65. The van der Waals surface area contributed by atoms with Crippen LogP contribution in [0.4, 0.5) is 17.1 Å². The average Bonchev–Trinajstić information content (AvgIpc) is 2.95. The summed E-state index contributed by atoms with van der Waals surface area (Å²) in [4.78, 5) is 22.8. The van der Waals surface area contributed by atoms with Crippen molar-refractivity contribution in [3.63, 3.8) is 0 Å². The molecule has 9 heteroatoms. The Hall–Kier alpha value is -4.01.